The Kier molecular flexibility index (Phi) is 6.26. The number of benzene rings is 2. The van der Waals surface area contributed by atoms with Crippen molar-refractivity contribution in [2.24, 2.45) is 11.1 Å². The summed E-state index contributed by atoms with van der Waals surface area (Å²) in [6, 6.07) is 14.0. The molecule has 32 heavy (non-hydrogen) atoms. The Labute approximate surface area is 194 Å². The number of nitrogens with zero attached hydrogens (tertiary/aromatic N) is 2. The zero-order valence-electron chi connectivity index (χ0n) is 18.4. The molecule has 1 aliphatic carbocycles. The van der Waals surface area contributed by atoms with Gasteiger partial charge >= 0.3 is 0 Å². The van der Waals surface area contributed by atoms with Gasteiger partial charge in [0.25, 0.3) is 0 Å². The third-order valence-electron chi connectivity index (χ3n) is 7.61. The summed E-state index contributed by atoms with van der Waals surface area (Å²) < 4.78 is 14.5. The molecule has 2 aromatic carbocycles. The summed E-state index contributed by atoms with van der Waals surface area (Å²) in [5.74, 6) is 0.483. The number of thioether (sulfide) groups is 1. The lowest BCUT2D eigenvalue weighted by Gasteiger charge is -2.42. The average Bonchev–Trinajstić information content (AvgIpc) is 3.35. The van der Waals surface area contributed by atoms with Gasteiger partial charge in [0, 0.05) is 30.3 Å². The maximum Gasteiger partial charge on any atom is 0.141 e. The van der Waals surface area contributed by atoms with Crippen LogP contribution in [0.2, 0.25) is 0 Å². The van der Waals surface area contributed by atoms with Crippen LogP contribution in [0, 0.1) is 22.6 Å². The van der Waals surface area contributed by atoms with Gasteiger partial charge < -0.3 is 11.1 Å². The summed E-state index contributed by atoms with van der Waals surface area (Å²) in [5, 5.41) is 13.0. The van der Waals surface area contributed by atoms with Crippen molar-refractivity contribution in [3.05, 3.63) is 58.9 Å². The summed E-state index contributed by atoms with van der Waals surface area (Å²) >= 11 is 1.92. The molecule has 0 radical (unpaired) electrons. The van der Waals surface area contributed by atoms with E-state index in [1.807, 2.05) is 23.9 Å². The second kappa shape index (κ2) is 9.15. The molecule has 1 spiro atoms. The summed E-state index contributed by atoms with van der Waals surface area (Å²) in [7, 11) is 0. The predicted octanol–water partition coefficient (Wildman–Crippen LogP) is 4.79. The minimum absolute atomic E-state index is 0.0936. The summed E-state index contributed by atoms with van der Waals surface area (Å²) in [6.45, 7) is 3.70. The monoisotopic (exact) mass is 450 g/mol. The lowest BCUT2D eigenvalue weighted by molar-refractivity contribution is 0.0659. The minimum Gasteiger partial charge on any atom is -0.330 e. The number of nitriles is 1. The number of rotatable bonds is 6. The SMILES string of the molecule is N#Cc1ccc(-c2cccc(CN3CCCC4(CC4)[C@H]3CCN)c2C2CNCS2)cc1F. The predicted molar refractivity (Wildman–Crippen MR) is 129 cm³/mol. The molecule has 3 N–H and O–H groups in total. The first-order valence-corrected chi connectivity index (χ1v) is 12.8. The van der Waals surface area contributed by atoms with Crippen molar-refractivity contribution >= 4 is 11.8 Å². The molecule has 0 amide bonds. The van der Waals surface area contributed by atoms with Gasteiger partial charge in [0.05, 0.1) is 5.56 Å². The quantitative estimate of drug-likeness (QED) is 0.662. The van der Waals surface area contributed by atoms with Gasteiger partial charge in [-0.05, 0) is 85.0 Å². The lowest BCUT2D eigenvalue weighted by atomic mass is 9.83. The fourth-order valence-corrected chi connectivity index (χ4v) is 7.01. The number of halogens is 1. The molecule has 4 nitrogen and oxygen atoms in total. The molecule has 1 saturated carbocycles. The van der Waals surface area contributed by atoms with E-state index in [1.54, 1.807) is 6.07 Å². The highest BCUT2D eigenvalue weighted by atomic mass is 32.2. The Morgan fingerprint density at radius 3 is 2.81 bits per heavy atom. The third kappa shape index (κ3) is 4.08. The fourth-order valence-electron chi connectivity index (χ4n) is 5.89. The lowest BCUT2D eigenvalue weighted by Crippen LogP contribution is -2.47. The van der Waals surface area contributed by atoms with Crippen LogP contribution < -0.4 is 11.1 Å². The van der Waals surface area contributed by atoms with E-state index in [-0.39, 0.29) is 5.56 Å². The Balaban J connectivity index is 1.53. The second-order valence-electron chi connectivity index (χ2n) is 9.47. The van der Waals surface area contributed by atoms with Gasteiger partial charge in [-0.2, -0.15) is 5.26 Å². The van der Waals surface area contributed by atoms with Gasteiger partial charge in [-0.15, -0.1) is 11.8 Å². The Morgan fingerprint density at radius 2 is 2.12 bits per heavy atom. The Morgan fingerprint density at radius 1 is 1.25 bits per heavy atom. The van der Waals surface area contributed by atoms with Crippen molar-refractivity contribution in [2.75, 3.05) is 25.5 Å². The first kappa shape index (κ1) is 21.9. The van der Waals surface area contributed by atoms with E-state index in [1.165, 1.54) is 42.9 Å². The smallest absolute Gasteiger partial charge is 0.141 e. The van der Waals surface area contributed by atoms with Crippen molar-refractivity contribution in [1.29, 1.82) is 5.26 Å². The van der Waals surface area contributed by atoms with Crippen LogP contribution in [-0.2, 0) is 6.54 Å². The number of hydrogen-bond donors (Lipinski definition) is 2. The zero-order valence-corrected chi connectivity index (χ0v) is 19.3. The normalized spacial score (nSPS) is 24.5. The maximum absolute atomic E-state index is 14.5. The van der Waals surface area contributed by atoms with Crippen molar-refractivity contribution < 1.29 is 4.39 Å². The molecule has 2 atom stereocenters. The number of hydrogen-bond acceptors (Lipinski definition) is 5. The number of nitrogens with one attached hydrogen (secondary N) is 1. The molecule has 1 unspecified atom stereocenters. The molecule has 3 fully saturated rings. The van der Waals surface area contributed by atoms with E-state index in [0.717, 1.165) is 49.6 Å². The molecule has 2 aliphatic heterocycles. The molecule has 3 aliphatic rings. The highest BCUT2D eigenvalue weighted by Gasteiger charge is 2.52. The summed E-state index contributed by atoms with van der Waals surface area (Å²) in [5.41, 5.74) is 11.2. The van der Waals surface area contributed by atoms with Gasteiger partial charge in [-0.3, -0.25) is 4.90 Å². The van der Waals surface area contributed by atoms with E-state index in [2.05, 4.69) is 28.4 Å². The molecule has 0 aromatic heterocycles. The van der Waals surface area contributed by atoms with Crippen LogP contribution in [0.3, 0.4) is 0 Å². The van der Waals surface area contributed by atoms with Crippen molar-refractivity contribution in [3.63, 3.8) is 0 Å². The zero-order chi connectivity index (χ0) is 22.1. The second-order valence-corrected chi connectivity index (χ2v) is 10.7. The van der Waals surface area contributed by atoms with Crippen molar-refractivity contribution in [2.45, 2.75) is 49.9 Å². The minimum atomic E-state index is -0.451. The molecule has 2 aromatic rings. The van der Waals surface area contributed by atoms with Crippen molar-refractivity contribution in [1.82, 2.24) is 10.2 Å². The van der Waals surface area contributed by atoms with Gasteiger partial charge in [0.1, 0.15) is 11.9 Å². The van der Waals surface area contributed by atoms with Gasteiger partial charge in [-0.1, -0.05) is 24.3 Å². The Hall–Kier alpha value is -1.91. The molecule has 2 heterocycles. The molecule has 5 rings (SSSR count). The fraction of sp³-hybridized carbons (Fsp3) is 0.500. The van der Waals surface area contributed by atoms with Crippen LogP contribution >= 0.6 is 11.8 Å². The van der Waals surface area contributed by atoms with Crippen LogP contribution in [0.25, 0.3) is 11.1 Å². The molecular formula is C26H31FN4S. The summed E-state index contributed by atoms with van der Waals surface area (Å²) in [6.07, 6.45) is 6.35. The molecule has 6 heteroatoms. The average molecular weight is 451 g/mol. The van der Waals surface area contributed by atoms with Crippen LogP contribution in [-0.4, -0.2) is 36.5 Å². The summed E-state index contributed by atoms with van der Waals surface area (Å²) in [4.78, 5) is 2.68. The highest BCUT2D eigenvalue weighted by molar-refractivity contribution is 7.99. The number of nitrogens with two attached hydrogens (primary N) is 1. The number of piperidine rings is 1. The van der Waals surface area contributed by atoms with Crippen LogP contribution in [0.5, 0.6) is 0 Å². The topological polar surface area (TPSA) is 65.1 Å². The number of likely N-dealkylation sites (tertiary alicyclic amines) is 1. The van der Waals surface area contributed by atoms with Crippen LogP contribution in [0.15, 0.2) is 36.4 Å². The largest absolute Gasteiger partial charge is 0.330 e. The van der Waals surface area contributed by atoms with Crippen LogP contribution in [0.4, 0.5) is 4.39 Å². The van der Waals surface area contributed by atoms with Gasteiger partial charge in [0.2, 0.25) is 0 Å². The van der Waals surface area contributed by atoms with E-state index in [4.69, 9.17) is 11.0 Å². The van der Waals surface area contributed by atoms with E-state index in [9.17, 15) is 4.39 Å². The Bertz CT molecular complexity index is 1020. The van der Waals surface area contributed by atoms with Gasteiger partial charge in [0.15, 0.2) is 0 Å². The van der Waals surface area contributed by atoms with Gasteiger partial charge in [-0.25, -0.2) is 4.39 Å². The van der Waals surface area contributed by atoms with Crippen molar-refractivity contribution in [3.8, 4) is 17.2 Å². The standard InChI is InChI=1S/C26H31FN4S/c27-22-13-18(5-6-19(22)14-29)21-4-1-3-20(25(21)23-15-30-17-32-23)16-31-12-2-8-26(9-10-26)24(31)7-11-28/h1,3-6,13,23-24,30H,2,7-12,15-17,28H2/t23?,24-/m1/s1. The molecule has 0 bridgehead atoms. The molecular weight excluding hydrogens is 419 g/mol. The maximum atomic E-state index is 14.5. The highest BCUT2D eigenvalue weighted by Crippen LogP contribution is 2.57. The third-order valence-corrected chi connectivity index (χ3v) is 8.78. The van der Waals surface area contributed by atoms with E-state index < -0.39 is 5.82 Å². The molecule has 168 valence electrons. The molecule has 2 saturated heterocycles. The first-order chi connectivity index (χ1) is 15.6. The first-order valence-electron chi connectivity index (χ1n) is 11.7. The van der Waals surface area contributed by atoms with Crippen LogP contribution in [0.1, 0.15) is 54.0 Å². The van der Waals surface area contributed by atoms with E-state index in [0.29, 0.717) is 16.7 Å². The van der Waals surface area contributed by atoms with E-state index >= 15 is 0 Å².